The van der Waals surface area contributed by atoms with E-state index in [1.54, 1.807) is 0 Å². The van der Waals surface area contributed by atoms with Gasteiger partial charge in [0.2, 0.25) is 0 Å². The molecule has 0 amide bonds. The minimum atomic E-state index is -1.23. The molecule has 2 N–H and O–H groups in total. The van der Waals surface area contributed by atoms with Crippen molar-refractivity contribution in [1.82, 2.24) is 9.97 Å². The third-order valence-corrected chi connectivity index (χ3v) is 2.99. The number of hydrogen-bond acceptors (Lipinski definition) is 3. The fourth-order valence-corrected chi connectivity index (χ4v) is 1.87. The van der Waals surface area contributed by atoms with Gasteiger partial charge in [-0.15, -0.1) is 0 Å². The van der Waals surface area contributed by atoms with E-state index in [2.05, 4.69) is 9.97 Å². The van der Waals surface area contributed by atoms with Crippen LogP contribution in [0.15, 0.2) is 18.2 Å². The fourth-order valence-electron chi connectivity index (χ4n) is 1.87. The van der Waals surface area contributed by atoms with Crippen molar-refractivity contribution in [2.45, 2.75) is 18.8 Å². The molecule has 0 spiro atoms. The Morgan fingerprint density at radius 2 is 1.63 bits per heavy atom. The van der Waals surface area contributed by atoms with Gasteiger partial charge in [-0.2, -0.15) is 0 Å². The van der Waals surface area contributed by atoms with Gasteiger partial charge in [-0.3, -0.25) is 0 Å². The van der Waals surface area contributed by atoms with Gasteiger partial charge in [0.05, 0.1) is 5.69 Å². The molecule has 0 radical (unpaired) electrons. The highest BCUT2D eigenvalue weighted by Gasteiger charge is 2.27. The minimum Gasteiger partial charge on any atom is -0.384 e. The molecule has 1 aromatic heterocycles. The normalized spacial score (nSPS) is 14.7. The lowest BCUT2D eigenvalue weighted by Crippen LogP contribution is -2.01. The highest BCUT2D eigenvalue weighted by molar-refractivity contribution is 5.62. The quantitative estimate of drug-likeness (QED) is 0.849. The molecule has 3 nitrogen and oxygen atoms in total. The van der Waals surface area contributed by atoms with Gasteiger partial charge in [-0.1, -0.05) is 0 Å². The van der Waals surface area contributed by atoms with Crippen LogP contribution in [0.2, 0.25) is 0 Å². The summed E-state index contributed by atoms with van der Waals surface area (Å²) in [4.78, 5) is 8.24. The molecule has 1 aliphatic rings. The van der Waals surface area contributed by atoms with Crippen molar-refractivity contribution < 1.29 is 13.2 Å². The van der Waals surface area contributed by atoms with E-state index in [0.29, 0.717) is 11.9 Å². The zero-order valence-electron chi connectivity index (χ0n) is 9.83. The first-order valence-corrected chi connectivity index (χ1v) is 5.84. The summed E-state index contributed by atoms with van der Waals surface area (Å²) in [7, 11) is 0. The Hall–Kier alpha value is -2.11. The van der Waals surface area contributed by atoms with E-state index in [0.717, 1.165) is 18.9 Å². The number of nitrogen functional groups attached to an aromatic ring is 1. The Balaban J connectivity index is 2.13. The number of hydrogen-bond donors (Lipinski definition) is 1. The largest absolute Gasteiger partial charge is 0.384 e. The van der Waals surface area contributed by atoms with Crippen molar-refractivity contribution in [2.24, 2.45) is 0 Å². The summed E-state index contributed by atoms with van der Waals surface area (Å²) >= 11 is 0. The van der Waals surface area contributed by atoms with Crippen LogP contribution in [0.3, 0.4) is 0 Å². The summed E-state index contributed by atoms with van der Waals surface area (Å²) in [6, 6.07) is 2.63. The Labute approximate surface area is 107 Å². The lowest BCUT2D eigenvalue weighted by molar-refractivity contribution is 0.496. The summed E-state index contributed by atoms with van der Waals surface area (Å²) in [6.45, 7) is 0. The Bertz CT molecular complexity index is 654. The molecule has 1 fully saturated rings. The maximum absolute atomic E-state index is 13.7. The molecule has 6 heteroatoms. The van der Waals surface area contributed by atoms with Crippen molar-refractivity contribution >= 4 is 5.82 Å². The number of benzene rings is 1. The van der Waals surface area contributed by atoms with E-state index in [9.17, 15) is 13.2 Å². The molecule has 0 unspecified atom stereocenters. The summed E-state index contributed by atoms with van der Waals surface area (Å²) in [5.41, 5.74) is 5.70. The molecule has 0 saturated heterocycles. The number of nitrogens with two attached hydrogens (primary N) is 1. The Morgan fingerprint density at radius 3 is 2.32 bits per heavy atom. The van der Waals surface area contributed by atoms with Gasteiger partial charge in [-0.05, 0) is 18.9 Å². The van der Waals surface area contributed by atoms with Gasteiger partial charge in [0.15, 0.2) is 11.6 Å². The van der Waals surface area contributed by atoms with Gasteiger partial charge in [0.1, 0.15) is 17.5 Å². The predicted molar refractivity (Wildman–Crippen MR) is 63.7 cm³/mol. The zero-order chi connectivity index (χ0) is 13.6. The predicted octanol–water partition coefficient (Wildman–Crippen LogP) is 3.02. The molecule has 0 aliphatic heterocycles. The first-order chi connectivity index (χ1) is 9.04. The lowest BCUT2D eigenvalue weighted by atomic mass is 10.1. The fraction of sp³-hybridized carbons (Fsp3) is 0.231. The lowest BCUT2D eigenvalue weighted by Gasteiger charge is -2.07. The van der Waals surface area contributed by atoms with Crippen molar-refractivity contribution in [2.75, 3.05) is 5.73 Å². The first-order valence-electron chi connectivity index (χ1n) is 5.84. The van der Waals surface area contributed by atoms with Crippen molar-refractivity contribution in [3.05, 3.63) is 41.5 Å². The molecule has 0 bridgehead atoms. The summed E-state index contributed by atoms with van der Waals surface area (Å²) < 4.78 is 39.8. The molecular formula is C13H10F3N3. The van der Waals surface area contributed by atoms with E-state index in [1.165, 1.54) is 6.07 Å². The van der Waals surface area contributed by atoms with Crippen LogP contribution in [-0.4, -0.2) is 9.97 Å². The SMILES string of the molecule is Nc1cc(-c2cc(F)c(F)cc2F)nc(C2CC2)n1. The van der Waals surface area contributed by atoms with E-state index in [1.807, 2.05) is 0 Å². The second-order valence-corrected chi connectivity index (χ2v) is 4.56. The zero-order valence-corrected chi connectivity index (χ0v) is 9.83. The Morgan fingerprint density at radius 1 is 0.947 bits per heavy atom. The van der Waals surface area contributed by atoms with E-state index in [4.69, 9.17) is 5.73 Å². The minimum absolute atomic E-state index is 0.116. The second-order valence-electron chi connectivity index (χ2n) is 4.56. The molecule has 2 aromatic rings. The van der Waals surface area contributed by atoms with Gasteiger partial charge < -0.3 is 5.73 Å². The molecule has 1 aromatic carbocycles. The number of aromatic nitrogens is 2. The van der Waals surface area contributed by atoms with Gasteiger partial charge >= 0.3 is 0 Å². The maximum Gasteiger partial charge on any atom is 0.161 e. The molecule has 19 heavy (non-hydrogen) atoms. The average molecular weight is 265 g/mol. The molecule has 98 valence electrons. The molecular weight excluding hydrogens is 255 g/mol. The van der Waals surface area contributed by atoms with Crippen molar-refractivity contribution in [3.63, 3.8) is 0 Å². The molecule has 1 aliphatic carbocycles. The van der Waals surface area contributed by atoms with E-state index < -0.39 is 17.5 Å². The molecule has 0 atom stereocenters. The highest BCUT2D eigenvalue weighted by atomic mass is 19.2. The maximum atomic E-state index is 13.7. The summed E-state index contributed by atoms with van der Waals surface area (Å²) in [6.07, 6.45) is 1.92. The third kappa shape index (κ3) is 2.25. The van der Waals surface area contributed by atoms with Crippen LogP contribution in [-0.2, 0) is 0 Å². The number of rotatable bonds is 2. The van der Waals surface area contributed by atoms with Crippen LogP contribution in [0.4, 0.5) is 19.0 Å². The van der Waals surface area contributed by atoms with Gasteiger partial charge in [0.25, 0.3) is 0 Å². The van der Waals surface area contributed by atoms with Gasteiger partial charge in [0, 0.05) is 23.6 Å². The molecule has 1 heterocycles. The smallest absolute Gasteiger partial charge is 0.161 e. The van der Waals surface area contributed by atoms with Crippen LogP contribution in [0, 0.1) is 17.5 Å². The first kappa shape index (κ1) is 12.0. The third-order valence-electron chi connectivity index (χ3n) is 2.99. The van der Waals surface area contributed by atoms with Crippen LogP contribution in [0.5, 0.6) is 0 Å². The van der Waals surface area contributed by atoms with Crippen LogP contribution in [0.1, 0.15) is 24.6 Å². The van der Waals surface area contributed by atoms with E-state index >= 15 is 0 Å². The molecule has 1 saturated carbocycles. The van der Waals surface area contributed by atoms with Crippen molar-refractivity contribution in [1.29, 1.82) is 0 Å². The van der Waals surface area contributed by atoms with Crippen LogP contribution >= 0.6 is 0 Å². The second kappa shape index (κ2) is 4.22. The van der Waals surface area contributed by atoms with Crippen LogP contribution in [0.25, 0.3) is 11.3 Å². The summed E-state index contributed by atoms with van der Waals surface area (Å²) in [5, 5.41) is 0. The van der Waals surface area contributed by atoms with Crippen molar-refractivity contribution in [3.8, 4) is 11.3 Å². The number of halogens is 3. The Kier molecular flexibility index (Phi) is 2.66. The highest BCUT2D eigenvalue weighted by Crippen LogP contribution is 2.39. The standard InChI is InChI=1S/C13H10F3N3/c14-8-4-10(16)9(15)3-7(8)11-5-12(17)19-13(18-11)6-1-2-6/h3-6H,1-2H2,(H2,17,18,19). The van der Waals surface area contributed by atoms with Crippen LogP contribution < -0.4 is 5.73 Å². The topological polar surface area (TPSA) is 51.8 Å². The monoisotopic (exact) mass is 265 g/mol. The van der Waals surface area contributed by atoms with Gasteiger partial charge in [-0.25, -0.2) is 23.1 Å². The van der Waals surface area contributed by atoms with E-state index in [-0.39, 0.29) is 23.0 Å². The summed E-state index contributed by atoms with van der Waals surface area (Å²) in [5.74, 6) is -2.28. The molecule has 3 rings (SSSR count). The number of nitrogens with zero attached hydrogens (tertiary/aromatic N) is 2. The average Bonchev–Trinajstić information content (AvgIpc) is 3.17. The number of anilines is 1.